The average Bonchev–Trinajstić information content (AvgIpc) is 2.96. The predicted molar refractivity (Wildman–Crippen MR) is 102 cm³/mol. The van der Waals surface area contributed by atoms with Crippen LogP contribution < -0.4 is 4.74 Å². The van der Waals surface area contributed by atoms with Gasteiger partial charge in [0.1, 0.15) is 6.61 Å². The van der Waals surface area contributed by atoms with E-state index in [9.17, 15) is 9.90 Å². The minimum atomic E-state index is -0.0969. The number of nitrogens with zero attached hydrogens (tertiary/aromatic N) is 3. The molecule has 2 heterocycles. The highest BCUT2D eigenvalue weighted by atomic mass is 16.5. The fourth-order valence-electron chi connectivity index (χ4n) is 3.44. The summed E-state index contributed by atoms with van der Waals surface area (Å²) in [5, 5.41) is 14.6. The number of benzene rings is 2. The second kappa shape index (κ2) is 6.79. The summed E-state index contributed by atoms with van der Waals surface area (Å²) in [6, 6.07) is 11.7. The van der Waals surface area contributed by atoms with Crippen LogP contribution in [0.4, 0.5) is 0 Å². The number of aromatic nitrogens is 2. The topological polar surface area (TPSA) is 67.6 Å². The Hall–Kier alpha value is -3.28. The van der Waals surface area contributed by atoms with Gasteiger partial charge in [-0.2, -0.15) is 5.10 Å². The Labute approximate surface area is 157 Å². The van der Waals surface area contributed by atoms with Crippen molar-refractivity contribution < 1.29 is 14.6 Å². The van der Waals surface area contributed by atoms with Crippen LogP contribution in [0.25, 0.3) is 11.1 Å². The zero-order valence-corrected chi connectivity index (χ0v) is 15.3. The molecule has 27 heavy (non-hydrogen) atoms. The molecule has 1 aromatic heterocycles. The molecule has 2 aromatic carbocycles. The first kappa shape index (κ1) is 17.1. The van der Waals surface area contributed by atoms with Crippen LogP contribution in [0, 0.1) is 6.92 Å². The Morgan fingerprint density at radius 3 is 2.81 bits per heavy atom. The molecule has 1 N–H and O–H groups in total. The molecule has 4 rings (SSSR count). The quantitative estimate of drug-likeness (QED) is 0.760. The van der Waals surface area contributed by atoms with E-state index in [1.54, 1.807) is 35.1 Å². The maximum atomic E-state index is 12.8. The second-order valence-corrected chi connectivity index (χ2v) is 6.78. The number of ether oxygens (including phenoxy) is 1. The minimum absolute atomic E-state index is 0.0969. The van der Waals surface area contributed by atoms with Gasteiger partial charge < -0.3 is 14.7 Å². The maximum absolute atomic E-state index is 12.8. The van der Waals surface area contributed by atoms with E-state index >= 15 is 0 Å². The third-order valence-corrected chi connectivity index (χ3v) is 4.81. The van der Waals surface area contributed by atoms with E-state index < -0.39 is 0 Å². The molecular formula is C21H21N3O3. The predicted octanol–water partition coefficient (Wildman–Crippen LogP) is 3.14. The van der Waals surface area contributed by atoms with E-state index in [0.717, 1.165) is 22.3 Å². The third-order valence-electron chi connectivity index (χ3n) is 4.81. The monoisotopic (exact) mass is 363 g/mol. The van der Waals surface area contributed by atoms with Gasteiger partial charge in [-0.3, -0.25) is 9.48 Å². The van der Waals surface area contributed by atoms with Crippen molar-refractivity contribution in [3.05, 3.63) is 65.5 Å². The lowest BCUT2D eigenvalue weighted by molar-refractivity contribution is 0.0733. The fraction of sp³-hybridized carbons (Fsp3) is 0.238. The molecule has 0 spiro atoms. The number of aryl methyl sites for hydroxylation is 2. The fourth-order valence-corrected chi connectivity index (χ4v) is 3.44. The molecule has 0 aliphatic carbocycles. The second-order valence-electron chi connectivity index (χ2n) is 6.78. The molecule has 0 bridgehead atoms. The van der Waals surface area contributed by atoms with Gasteiger partial charge in [-0.1, -0.05) is 24.3 Å². The largest absolute Gasteiger partial charge is 0.504 e. The molecule has 0 fully saturated rings. The normalized spacial score (nSPS) is 13.6. The molecule has 0 unspecified atom stereocenters. The highest BCUT2D eigenvalue weighted by Gasteiger charge is 2.24. The minimum Gasteiger partial charge on any atom is -0.504 e. The van der Waals surface area contributed by atoms with E-state index in [1.807, 2.05) is 37.3 Å². The number of aromatic hydroxyl groups is 1. The van der Waals surface area contributed by atoms with Crippen LogP contribution in [0.2, 0.25) is 0 Å². The molecule has 6 nitrogen and oxygen atoms in total. The number of hydrogen-bond acceptors (Lipinski definition) is 4. The third kappa shape index (κ3) is 3.26. The van der Waals surface area contributed by atoms with Crippen molar-refractivity contribution in [2.24, 2.45) is 7.05 Å². The molecule has 0 saturated carbocycles. The van der Waals surface area contributed by atoms with Crippen molar-refractivity contribution in [3.63, 3.8) is 0 Å². The van der Waals surface area contributed by atoms with E-state index in [1.165, 1.54) is 0 Å². The number of carbonyl (C=O) groups excluding carboxylic acids is 1. The van der Waals surface area contributed by atoms with Gasteiger partial charge in [0.05, 0.1) is 18.3 Å². The van der Waals surface area contributed by atoms with Crippen LogP contribution in [0.3, 0.4) is 0 Å². The summed E-state index contributed by atoms with van der Waals surface area (Å²) in [7, 11) is 1.78. The number of amides is 1. The van der Waals surface area contributed by atoms with Gasteiger partial charge in [0, 0.05) is 25.4 Å². The van der Waals surface area contributed by atoms with Crippen LogP contribution in [-0.4, -0.2) is 38.8 Å². The summed E-state index contributed by atoms with van der Waals surface area (Å²) in [5.41, 5.74) is 4.41. The van der Waals surface area contributed by atoms with Crippen molar-refractivity contribution in [1.82, 2.24) is 14.7 Å². The van der Waals surface area contributed by atoms with Crippen molar-refractivity contribution in [2.45, 2.75) is 13.5 Å². The van der Waals surface area contributed by atoms with Gasteiger partial charge in [0.2, 0.25) is 0 Å². The molecule has 0 saturated heterocycles. The summed E-state index contributed by atoms with van der Waals surface area (Å²) >= 11 is 0. The SMILES string of the molecule is Cc1ccccc1-c1cc(O)c2c(c1)CN(C(=O)c1cnn(C)c1)CCO2. The van der Waals surface area contributed by atoms with Crippen molar-refractivity contribution >= 4 is 5.91 Å². The number of hydrogen-bond donors (Lipinski definition) is 1. The summed E-state index contributed by atoms with van der Waals surface area (Å²) in [4.78, 5) is 14.6. The summed E-state index contributed by atoms with van der Waals surface area (Å²) < 4.78 is 7.37. The highest BCUT2D eigenvalue weighted by molar-refractivity contribution is 5.93. The molecule has 1 aliphatic rings. The van der Waals surface area contributed by atoms with E-state index in [-0.39, 0.29) is 11.7 Å². The number of rotatable bonds is 2. The number of carbonyl (C=O) groups is 1. The lowest BCUT2D eigenvalue weighted by Crippen LogP contribution is -2.32. The first-order valence-electron chi connectivity index (χ1n) is 8.85. The smallest absolute Gasteiger partial charge is 0.257 e. The van der Waals surface area contributed by atoms with Crippen molar-refractivity contribution in [3.8, 4) is 22.6 Å². The van der Waals surface area contributed by atoms with Gasteiger partial charge >= 0.3 is 0 Å². The first-order chi connectivity index (χ1) is 13.0. The van der Waals surface area contributed by atoms with Crippen LogP contribution in [0.15, 0.2) is 48.8 Å². The molecular weight excluding hydrogens is 342 g/mol. The lowest BCUT2D eigenvalue weighted by Gasteiger charge is -2.19. The Bertz CT molecular complexity index is 1010. The summed E-state index contributed by atoms with van der Waals surface area (Å²) in [6.07, 6.45) is 3.27. The van der Waals surface area contributed by atoms with E-state index in [2.05, 4.69) is 5.10 Å². The Morgan fingerprint density at radius 2 is 2.07 bits per heavy atom. The van der Waals surface area contributed by atoms with Gasteiger partial charge in [-0.05, 0) is 35.7 Å². The van der Waals surface area contributed by atoms with Gasteiger partial charge in [-0.15, -0.1) is 0 Å². The molecule has 138 valence electrons. The Balaban J connectivity index is 1.71. The Morgan fingerprint density at radius 1 is 1.26 bits per heavy atom. The first-order valence-corrected chi connectivity index (χ1v) is 8.85. The van der Waals surface area contributed by atoms with Gasteiger partial charge in [0.25, 0.3) is 5.91 Å². The Kier molecular flexibility index (Phi) is 4.32. The number of phenolic OH excluding ortho intramolecular Hbond substituents is 1. The van der Waals surface area contributed by atoms with Crippen LogP contribution in [0.5, 0.6) is 11.5 Å². The van der Waals surface area contributed by atoms with Gasteiger partial charge in [-0.25, -0.2) is 0 Å². The summed E-state index contributed by atoms with van der Waals surface area (Å²) in [6.45, 7) is 3.18. The molecule has 6 heteroatoms. The number of fused-ring (bicyclic) bond motifs is 1. The van der Waals surface area contributed by atoms with Crippen molar-refractivity contribution in [2.75, 3.05) is 13.2 Å². The standard InChI is InChI=1S/C21H21N3O3/c1-14-5-3-4-6-18(14)15-9-16-13-24(7-8-27-20(16)19(25)10-15)21(26)17-11-22-23(2)12-17/h3-6,9-12,25H,7-8,13H2,1-2H3. The highest BCUT2D eigenvalue weighted by Crippen LogP contribution is 2.38. The molecule has 3 aromatic rings. The molecule has 0 radical (unpaired) electrons. The van der Waals surface area contributed by atoms with Gasteiger partial charge in [0.15, 0.2) is 11.5 Å². The van der Waals surface area contributed by atoms with Crippen molar-refractivity contribution in [1.29, 1.82) is 0 Å². The maximum Gasteiger partial charge on any atom is 0.257 e. The molecule has 0 atom stereocenters. The molecule has 1 aliphatic heterocycles. The summed E-state index contributed by atoms with van der Waals surface area (Å²) in [5.74, 6) is 0.454. The van der Waals surface area contributed by atoms with E-state index in [4.69, 9.17) is 4.74 Å². The molecule has 1 amide bonds. The number of phenols is 1. The van der Waals surface area contributed by atoms with Crippen LogP contribution >= 0.6 is 0 Å². The van der Waals surface area contributed by atoms with Crippen LogP contribution in [0.1, 0.15) is 21.5 Å². The van der Waals surface area contributed by atoms with Crippen LogP contribution in [-0.2, 0) is 13.6 Å². The van der Waals surface area contributed by atoms with E-state index in [0.29, 0.717) is 31.0 Å². The zero-order chi connectivity index (χ0) is 19.0. The average molecular weight is 363 g/mol. The lowest BCUT2D eigenvalue weighted by atomic mass is 9.98. The zero-order valence-electron chi connectivity index (χ0n) is 15.3.